The van der Waals surface area contributed by atoms with Gasteiger partial charge in [0.1, 0.15) is 17.9 Å². The van der Waals surface area contributed by atoms with Crippen molar-refractivity contribution in [1.29, 1.82) is 0 Å². The number of carbonyl (C=O) groups is 7. The minimum absolute atomic E-state index is 0.124. The van der Waals surface area contributed by atoms with Gasteiger partial charge >= 0.3 is 5.97 Å². The van der Waals surface area contributed by atoms with E-state index in [0.29, 0.717) is 31.6 Å². The Hall–Kier alpha value is -3.31. The number of nitrogens with one attached hydrogen (secondary N) is 3. The molecule has 2 aliphatic carbocycles. The molecule has 0 bridgehead atoms. The summed E-state index contributed by atoms with van der Waals surface area (Å²) in [5.74, 6) is -4.04. The zero-order valence-electron chi connectivity index (χ0n) is 37.9. The van der Waals surface area contributed by atoms with Crippen LogP contribution in [0.3, 0.4) is 0 Å². The highest BCUT2D eigenvalue weighted by atomic mass is 16.4. The van der Waals surface area contributed by atoms with Crippen LogP contribution in [0.4, 0.5) is 0 Å². The van der Waals surface area contributed by atoms with E-state index in [1.54, 1.807) is 27.8 Å². The Kier molecular flexibility index (Phi) is 21.2. The molecule has 0 spiro atoms. The monoisotopic (exact) mass is 805 g/mol. The van der Waals surface area contributed by atoms with Gasteiger partial charge < -0.3 is 26.0 Å². The number of carboxylic acids is 1. The second-order valence-corrected chi connectivity index (χ2v) is 19.9. The summed E-state index contributed by atoms with van der Waals surface area (Å²) in [6.45, 7) is 22.7. The Morgan fingerprint density at radius 1 is 0.772 bits per heavy atom. The van der Waals surface area contributed by atoms with E-state index in [1.807, 2.05) is 41.5 Å². The number of carbonyl (C=O) groups excluding carboxylic acids is 6. The number of aliphatic carboxylic acids is 1. The molecule has 2 saturated carbocycles. The molecule has 0 radical (unpaired) electrons. The predicted molar refractivity (Wildman–Crippen MR) is 225 cm³/mol. The van der Waals surface area contributed by atoms with Crippen molar-refractivity contribution in [2.24, 2.45) is 39.9 Å². The minimum Gasteiger partial charge on any atom is -0.481 e. The molecule has 57 heavy (non-hydrogen) atoms. The third-order valence-corrected chi connectivity index (χ3v) is 11.6. The van der Waals surface area contributed by atoms with Crippen LogP contribution < -0.4 is 16.0 Å². The van der Waals surface area contributed by atoms with E-state index >= 15 is 0 Å². The van der Waals surface area contributed by atoms with Crippen molar-refractivity contribution in [3.05, 3.63) is 0 Å². The summed E-state index contributed by atoms with van der Waals surface area (Å²) >= 11 is 0. The van der Waals surface area contributed by atoms with E-state index in [-0.39, 0.29) is 48.3 Å². The Balaban J connectivity index is 0.00000386. The molecule has 0 aromatic carbocycles. The van der Waals surface area contributed by atoms with Crippen LogP contribution in [-0.4, -0.2) is 82.9 Å². The van der Waals surface area contributed by atoms with E-state index in [4.69, 9.17) is 0 Å². The van der Waals surface area contributed by atoms with Crippen LogP contribution in [0, 0.1) is 39.9 Å². The number of amides is 4. The molecule has 2 unspecified atom stereocenters. The van der Waals surface area contributed by atoms with Gasteiger partial charge in [-0.05, 0) is 48.9 Å². The normalized spacial score (nSPS) is 18.0. The van der Waals surface area contributed by atoms with E-state index in [2.05, 4.69) is 36.7 Å². The van der Waals surface area contributed by atoms with Crippen molar-refractivity contribution in [2.75, 3.05) is 13.6 Å². The van der Waals surface area contributed by atoms with E-state index in [9.17, 15) is 38.7 Å². The third-order valence-electron chi connectivity index (χ3n) is 11.6. The van der Waals surface area contributed by atoms with E-state index < -0.39 is 71.3 Å². The number of nitrogens with zero attached hydrogens (tertiary/aromatic N) is 1. The quantitative estimate of drug-likeness (QED) is 0.105. The third kappa shape index (κ3) is 16.8. The maximum atomic E-state index is 14.1. The summed E-state index contributed by atoms with van der Waals surface area (Å²) < 4.78 is 0. The molecule has 2 rings (SSSR count). The van der Waals surface area contributed by atoms with Crippen LogP contribution in [0.25, 0.3) is 0 Å². The zero-order valence-corrected chi connectivity index (χ0v) is 37.9. The fourth-order valence-corrected chi connectivity index (χ4v) is 8.02. The summed E-state index contributed by atoms with van der Waals surface area (Å²) in [5.41, 5.74) is -2.71. The van der Waals surface area contributed by atoms with Crippen LogP contribution >= 0.6 is 0 Å². The van der Waals surface area contributed by atoms with Gasteiger partial charge in [0.05, 0.1) is 17.9 Å². The van der Waals surface area contributed by atoms with Crippen molar-refractivity contribution in [2.45, 2.75) is 191 Å². The summed E-state index contributed by atoms with van der Waals surface area (Å²) in [5, 5.41) is 18.8. The lowest BCUT2D eigenvalue weighted by Crippen LogP contribution is -2.61. The first-order valence-electron chi connectivity index (χ1n) is 21.7. The summed E-state index contributed by atoms with van der Waals surface area (Å²) in [6.07, 6.45) is 8.39. The van der Waals surface area contributed by atoms with Gasteiger partial charge in [-0.3, -0.25) is 33.6 Å². The maximum absolute atomic E-state index is 14.1. The minimum atomic E-state index is -1.54. The van der Waals surface area contributed by atoms with Crippen LogP contribution in [0.5, 0.6) is 0 Å². The zero-order chi connectivity index (χ0) is 43.9. The van der Waals surface area contributed by atoms with Gasteiger partial charge in [0.15, 0.2) is 5.78 Å². The van der Waals surface area contributed by atoms with Crippen molar-refractivity contribution >= 4 is 41.2 Å². The Morgan fingerprint density at radius 3 is 1.77 bits per heavy atom. The van der Waals surface area contributed by atoms with Crippen LogP contribution in [0.15, 0.2) is 0 Å². The largest absolute Gasteiger partial charge is 0.481 e. The maximum Gasteiger partial charge on any atom is 0.312 e. The van der Waals surface area contributed by atoms with Crippen molar-refractivity contribution in [3.63, 3.8) is 0 Å². The summed E-state index contributed by atoms with van der Waals surface area (Å²) in [7, 11) is 1.61. The first-order chi connectivity index (χ1) is 26.3. The van der Waals surface area contributed by atoms with Gasteiger partial charge in [-0.15, -0.1) is 0 Å². The molecule has 4 atom stereocenters. The molecule has 0 saturated heterocycles. The average Bonchev–Trinajstić information content (AvgIpc) is 3.61. The Morgan fingerprint density at radius 2 is 1.32 bits per heavy atom. The molecule has 0 aromatic heterocycles. The molecule has 0 aromatic rings. The van der Waals surface area contributed by atoms with Crippen LogP contribution in [-0.2, 0) is 33.6 Å². The SMILES string of the molecule is CC(C)C.CCC(NC(=O)[C@@H](NC(=O)[C@@H](CC(=O)CNC(=O)C(C(C)C)N(C)C(=O)CCC1CCCCC1)CC(=O)C(C)(C)C)C1(C(=O)O)CCCC1)C(C)(C)C. The summed E-state index contributed by atoms with van der Waals surface area (Å²) in [4.78, 5) is 95.6. The van der Waals surface area contributed by atoms with Gasteiger partial charge in [-0.1, -0.05) is 128 Å². The number of rotatable bonds is 19. The van der Waals surface area contributed by atoms with Gasteiger partial charge in [0.2, 0.25) is 23.6 Å². The number of carboxylic acid groups (broad SMARTS) is 1. The van der Waals surface area contributed by atoms with E-state index in [1.165, 1.54) is 24.2 Å². The molecule has 12 nitrogen and oxygen atoms in total. The molecule has 4 N–H and O–H groups in total. The molecule has 0 heterocycles. The molecule has 328 valence electrons. The van der Waals surface area contributed by atoms with Gasteiger partial charge in [-0.25, -0.2) is 0 Å². The second-order valence-electron chi connectivity index (χ2n) is 19.9. The number of hydrogen-bond acceptors (Lipinski definition) is 7. The number of Topliss-reactive ketones (excluding diaryl/α,β-unsaturated/α-hetero) is 2. The molecular weight excluding hydrogens is 725 g/mol. The predicted octanol–water partition coefficient (Wildman–Crippen LogP) is 7.26. The Bertz CT molecular complexity index is 1350. The van der Waals surface area contributed by atoms with E-state index in [0.717, 1.165) is 25.2 Å². The van der Waals surface area contributed by atoms with Crippen molar-refractivity contribution in [3.8, 4) is 0 Å². The molecule has 2 aliphatic rings. The van der Waals surface area contributed by atoms with Crippen LogP contribution in [0.1, 0.15) is 173 Å². The van der Waals surface area contributed by atoms with Crippen LogP contribution in [0.2, 0.25) is 0 Å². The highest BCUT2D eigenvalue weighted by Crippen LogP contribution is 2.42. The number of likely N-dealkylation sites (N-methyl/N-ethyl adjacent to an activating group) is 1. The molecular formula is C45H80N4O8. The lowest BCUT2D eigenvalue weighted by Gasteiger charge is -2.37. The summed E-state index contributed by atoms with van der Waals surface area (Å²) in [6, 6.07) is -2.53. The molecule has 4 amide bonds. The first kappa shape index (κ1) is 51.7. The van der Waals surface area contributed by atoms with Gasteiger partial charge in [0.25, 0.3) is 0 Å². The van der Waals surface area contributed by atoms with Crippen molar-refractivity contribution < 1.29 is 38.7 Å². The second kappa shape index (κ2) is 23.3. The topological polar surface area (TPSA) is 179 Å². The molecule has 12 heteroatoms. The lowest BCUT2D eigenvalue weighted by atomic mass is 9.76. The van der Waals surface area contributed by atoms with Gasteiger partial charge in [0, 0.05) is 37.8 Å². The lowest BCUT2D eigenvalue weighted by molar-refractivity contribution is -0.155. The smallest absolute Gasteiger partial charge is 0.312 e. The highest BCUT2D eigenvalue weighted by Gasteiger charge is 2.53. The molecule has 0 aliphatic heterocycles. The van der Waals surface area contributed by atoms with Crippen molar-refractivity contribution in [1.82, 2.24) is 20.9 Å². The molecule has 2 fully saturated rings. The Labute approximate surface area is 344 Å². The number of ketones is 2. The average molecular weight is 805 g/mol. The highest BCUT2D eigenvalue weighted by molar-refractivity contribution is 5.98. The fourth-order valence-electron chi connectivity index (χ4n) is 8.02. The standard InChI is InChI=1S/C41H70N4O8.C4H10/c1-11-30(39(4,5)6)43-37(51)34(41(38(52)53)21-15-16-22-41)44-35(49)28(24-31(47)40(7,8)9)23-29(46)25-42-36(50)33(26(2)3)45(10)32(48)20-19-27-17-13-12-14-18-27;1-4(2)3/h26-28,30,33-34H,11-25H2,1-10H3,(H,42,50)(H,43,51)(H,44,49)(H,52,53);4H,1-3H3/t28-,30?,33?,34+;/m0./s1. The number of hydrogen-bond donors (Lipinski definition) is 4. The first-order valence-corrected chi connectivity index (χ1v) is 21.7. The fraction of sp³-hybridized carbons (Fsp3) is 0.844. The van der Waals surface area contributed by atoms with Gasteiger partial charge in [-0.2, -0.15) is 0 Å².